The summed E-state index contributed by atoms with van der Waals surface area (Å²) < 4.78 is 2.41. The van der Waals surface area contributed by atoms with Crippen molar-refractivity contribution < 1.29 is 0 Å². The van der Waals surface area contributed by atoms with Crippen LogP contribution in [-0.4, -0.2) is 9.55 Å². The van der Waals surface area contributed by atoms with E-state index in [9.17, 15) is 0 Å². The molecule has 0 atom stereocenters. The van der Waals surface area contributed by atoms with E-state index in [1.807, 2.05) is 18.5 Å². The summed E-state index contributed by atoms with van der Waals surface area (Å²) in [5.74, 6) is 0. The van der Waals surface area contributed by atoms with Gasteiger partial charge in [0.25, 0.3) is 0 Å². The van der Waals surface area contributed by atoms with Crippen LogP contribution in [0.1, 0.15) is 24.5 Å². The molecule has 2 heterocycles. The van der Waals surface area contributed by atoms with Crippen LogP contribution >= 0.6 is 0 Å². The van der Waals surface area contributed by atoms with Crippen molar-refractivity contribution in [1.82, 2.24) is 9.55 Å². The lowest BCUT2D eigenvalue weighted by atomic mass is 10.0. The monoisotopic (exact) mass is 314 g/mol. The first-order chi connectivity index (χ1) is 11.9. The second-order valence-corrected chi connectivity index (χ2v) is 6.33. The molecular weight excluding hydrogens is 292 g/mol. The van der Waals surface area contributed by atoms with E-state index in [0.29, 0.717) is 0 Å². The van der Waals surface area contributed by atoms with E-state index < -0.39 is 0 Å². The minimum atomic E-state index is 1.00. The first-order valence-corrected chi connectivity index (χ1v) is 8.75. The number of pyridine rings is 1. The molecule has 0 fully saturated rings. The fourth-order valence-electron chi connectivity index (χ4n) is 3.64. The van der Waals surface area contributed by atoms with E-state index in [1.54, 1.807) is 0 Å². The Balaban J connectivity index is 1.62. The second kappa shape index (κ2) is 6.48. The summed E-state index contributed by atoms with van der Waals surface area (Å²) in [6.45, 7) is 3.22. The predicted molar refractivity (Wildman–Crippen MR) is 101 cm³/mol. The Morgan fingerprint density at radius 1 is 0.833 bits per heavy atom. The normalized spacial score (nSPS) is 11.4. The molecule has 0 unspecified atom stereocenters. The third-order valence-corrected chi connectivity index (χ3v) is 4.81. The van der Waals surface area contributed by atoms with Crippen LogP contribution in [0.4, 0.5) is 0 Å². The van der Waals surface area contributed by atoms with Gasteiger partial charge >= 0.3 is 0 Å². The van der Waals surface area contributed by atoms with E-state index in [0.717, 1.165) is 25.8 Å². The lowest BCUT2D eigenvalue weighted by molar-refractivity contribution is 0.815. The number of para-hydroxylation sites is 1. The highest BCUT2D eigenvalue weighted by atomic mass is 15.0. The first kappa shape index (κ1) is 14.9. The Hall–Kier alpha value is -2.61. The van der Waals surface area contributed by atoms with E-state index >= 15 is 0 Å². The number of nitrogens with zero attached hydrogens (tertiary/aromatic N) is 2. The standard InChI is InChI=1S/C22H22N2/c1-2-24-21-11-4-3-10-19(21)20-15-17(12-13-22(20)24)7-5-8-18-9-6-14-23-16-18/h3-4,6,9-16H,2,5,7-8H2,1H3. The maximum Gasteiger partial charge on any atom is 0.0491 e. The molecule has 0 saturated carbocycles. The molecule has 2 nitrogen and oxygen atoms in total. The van der Waals surface area contributed by atoms with Gasteiger partial charge in [0.2, 0.25) is 0 Å². The van der Waals surface area contributed by atoms with Crippen LogP contribution in [0.15, 0.2) is 67.0 Å². The number of fused-ring (bicyclic) bond motifs is 3. The van der Waals surface area contributed by atoms with Gasteiger partial charge in [-0.15, -0.1) is 0 Å². The summed E-state index contributed by atoms with van der Waals surface area (Å²) >= 11 is 0. The molecule has 4 aromatic rings. The van der Waals surface area contributed by atoms with Crippen LogP contribution in [0, 0.1) is 0 Å². The predicted octanol–water partition coefficient (Wildman–Crippen LogP) is 5.38. The lowest BCUT2D eigenvalue weighted by Crippen LogP contribution is -1.93. The van der Waals surface area contributed by atoms with Crippen LogP contribution in [-0.2, 0) is 19.4 Å². The molecule has 0 aliphatic rings. The van der Waals surface area contributed by atoms with Crippen LogP contribution in [0.2, 0.25) is 0 Å². The zero-order valence-corrected chi connectivity index (χ0v) is 14.1. The molecule has 0 radical (unpaired) electrons. The average molecular weight is 314 g/mol. The Morgan fingerprint density at radius 2 is 1.67 bits per heavy atom. The van der Waals surface area contributed by atoms with Gasteiger partial charge in [0.15, 0.2) is 0 Å². The molecule has 0 aliphatic carbocycles. The minimum absolute atomic E-state index is 1.00. The van der Waals surface area contributed by atoms with Crippen molar-refractivity contribution in [3.63, 3.8) is 0 Å². The molecule has 0 amide bonds. The molecule has 2 heteroatoms. The van der Waals surface area contributed by atoms with Crippen molar-refractivity contribution in [3.05, 3.63) is 78.1 Å². The van der Waals surface area contributed by atoms with E-state index in [4.69, 9.17) is 0 Å². The summed E-state index contributed by atoms with van der Waals surface area (Å²) in [7, 11) is 0. The maximum absolute atomic E-state index is 4.19. The molecule has 2 aromatic heterocycles. The van der Waals surface area contributed by atoms with Gasteiger partial charge in [0.1, 0.15) is 0 Å². The van der Waals surface area contributed by atoms with Gasteiger partial charge in [-0.3, -0.25) is 4.98 Å². The summed E-state index contributed by atoms with van der Waals surface area (Å²) in [5.41, 5.74) is 5.42. The third kappa shape index (κ3) is 2.69. The number of aryl methyl sites for hydroxylation is 3. The third-order valence-electron chi connectivity index (χ3n) is 4.81. The van der Waals surface area contributed by atoms with Crippen molar-refractivity contribution in [2.75, 3.05) is 0 Å². The van der Waals surface area contributed by atoms with Crippen molar-refractivity contribution in [3.8, 4) is 0 Å². The number of hydrogen-bond donors (Lipinski definition) is 0. The molecule has 2 aromatic carbocycles. The summed E-state index contributed by atoms with van der Waals surface area (Å²) in [5, 5.41) is 2.75. The van der Waals surface area contributed by atoms with Gasteiger partial charge in [-0.2, -0.15) is 0 Å². The molecule has 24 heavy (non-hydrogen) atoms. The summed E-state index contributed by atoms with van der Waals surface area (Å²) in [6, 6.07) is 19.9. The van der Waals surface area contributed by atoms with Gasteiger partial charge in [0, 0.05) is 40.7 Å². The van der Waals surface area contributed by atoms with Crippen molar-refractivity contribution >= 4 is 21.8 Å². The van der Waals surface area contributed by atoms with Crippen LogP contribution in [0.25, 0.3) is 21.8 Å². The first-order valence-electron chi connectivity index (χ1n) is 8.75. The molecule has 120 valence electrons. The zero-order chi connectivity index (χ0) is 16.4. The maximum atomic E-state index is 4.19. The molecule has 0 saturated heterocycles. The van der Waals surface area contributed by atoms with Gasteiger partial charge < -0.3 is 4.57 Å². The number of aromatic nitrogens is 2. The largest absolute Gasteiger partial charge is 0.341 e. The van der Waals surface area contributed by atoms with Gasteiger partial charge in [-0.25, -0.2) is 0 Å². The molecule has 4 rings (SSSR count). The number of rotatable bonds is 5. The van der Waals surface area contributed by atoms with Crippen LogP contribution < -0.4 is 0 Å². The van der Waals surface area contributed by atoms with Crippen LogP contribution in [0.5, 0.6) is 0 Å². The quantitative estimate of drug-likeness (QED) is 0.483. The number of benzene rings is 2. The highest BCUT2D eigenvalue weighted by molar-refractivity contribution is 6.08. The molecule has 0 aliphatic heterocycles. The Kier molecular flexibility index (Phi) is 4.04. The molecule has 0 bridgehead atoms. The van der Waals surface area contributed by atoms with Gasteiger partial charge in [-0.05, 0) is 61.6 Å². The number of hydrogen-bond acceptors (Lipinski definition) is 1. The van der Waals surface area contributed by atoms with Crippen molar-refractivity contribution in [2.24, 2.45) is 0 Å². The van der Waals surface area contributed by atoms with Gasteiger partial charge in [-0.1, -0.05) is 30.3 Å². The summed E-state index contributed by atoms with van der Waals surface area (Å²) in [4.78, 5) is 4.19. The van der Waals surface area contributed by atoms with Crippen molar-refractivity contribution in [2.45, 2.75) is 32.7 Å². The fourth-order valence-corrected chi connectivity index (χ4v) is 3.64. The van der Waals surface area contributed by atoms with E-state index in [1.165, 1.54) is 32.9 Å². The molecule has 0 spiro atoms. The highest BCUT2D eigenvalue weighted by Crippen LogP contribution is 2.30. The highest BCUT2D eigenvalue weighted by Gasteiger charge is 2.09. The Morgan fingerprint density at radius 3 is 2.50 bits per heavy atom. The van der Waals surface area contributed by atoms with E-state index in [-0.39, 0.29) is 0 Å². The summed E-state index contributed by atoms with van der Waals surface area (Å²) in [6.07, 6.45) is 7.15. The molecule has 0 N–H and O–H groups in total. The SMILES string of the molecule is CCn1c2ccccc2c2cc(CCCc3cccnc3)ccc21. The second-order valence-electron chi connectivity index (χ2n) is 6.33. The minimum Gasteiger partial charge on any atom is -0.341 e. The zero-order valence-electron chi connectivity index (χ0n) is 14.1. The Bertz CT molecular complexity index is 967. The fraction of sp³-hybridized carbons (Fsp3) is 0.227. The van der Waals surface area contributed by atoms with Crippen LogP contribution in [0.3, 0.4) is 0 Å². The Labute approximate surface area is 142 Å². The smallest absolute Gasteiger partial charge is 0.0491 e. The van der Waals surface area contributed by atoms with E-state index in [2.05, 4.69) is 65.0 Å². The topological polar surface area (TPSA) is 17.8 Å². The average Bonchev–Trinajstić information content (AvgIpc) is 2.96. The van der Waals surface area contributed by atoms with Gasteiger partial charge in [0.05, 0.1) is 0 Å². The van der Waals surface area contributed by atoms with Crippen molar-refractivity contribution in [1.29, 1.82) is 0 Å². The lowest BCUT2D eigenvalue weighted by Gasteiger charge is -2.05. The molecular formula is C22H22N2.